The monoisotopic (exact) mass is 323 g/mol. The lowest BCUT2D eigenvalue weighted by atomic mass is 10.1. The first kappa shape index (κ1) is 15.5. The van der Waals surface area contributed by atoms with Gasteiger partial charge in [0.05, 0.1) is 11.3 Å². The molecule has 2 aromatic heterocycles. The molecule has 0 radical (unpaired) electrons. The maximum absolute atomic E-state index is 12.4. The molecule has 0 aliphatic carbocycles. The summed E-state index contributed by atoms with van der Waals surface area (Å²) in [5, 5.41) is 3.82. The van der Waals surface area contributed by atoms with E-state index in [-0.39, 0.29) is 5.91 Å². The van der Waals surface area contributed by atoms with Gasteiger partial charge < -0.3 is 5.32 Å². The number of thioether (sulfide) groups is 1. The van der Waals surface area contributed by atoms with Crippen LogP contribution in [0.15, 0.2) is 53.6 Å². The van der Waals surface area contributed by atoms with Gasteiger partial charge >= 0.3 is 0 Å². The Kier molecular flexibility index (Phi) is 4.57. The number of fused-ring (bicyclic) bond motifs is 1. The summed E-state index contributed by atoms with van der Waals surface area (Å²) in [5.74, 6) is -0.116. The normalized spacial score (nSPS) is 10.7. The fourth-order valence-electron chi connectivity index (χ4n) is 2.35. The smallest absolute Gasteiger partial charge is 0.253 e. The number of amides is 1. The topological polar surface area (TPSA) is 54.9 Å². The van der Waals surface area contributed by atoms with Crippen LogP contribution in [0.2, 0.25) is 0 Å². The van der Waals surface area contributed by atoms with Crippen molar-refractivity contribution in [1.82, 2.24) is 15.3 Å². The molecule has 0 atom stereocenters. The van der Waals surface area contributed by atoms with E-state index in [1.165, 1.54) is 4.90 Å². The molecule has 2 heterocycles. The van der Waals surface area contributed by atoms with Gasteiger partial charge in [-0.2, -0.15) is 0 Å². The molecule has 0 spiro atoms. The fourth-order valence-corrected chi connectivity index (χ4v) is 2.75. The quantitative estimate of drug-likeness (QED) is 0.746. The molecule has 4 nitrogen and oxygen atoms in total. The van der Waals surface area contributed by atoms with E-state index < -0.39 is 0 Å². The molecule has 0 fully saturated rings. The van der Waals surface area contributed by atoms with Crippen LogP contribution in [0.25, 0.3) is 11.0 Å². The predicted molar refractivity (Wildman–Crippen MR) is 93.7 cm³/mol. The second-order valence-electron chi connectivity index (χ2n) is 5.20. The number of carbonyl (C=O) groups is 1. The molecule has 0 saturated heterocycles. The Balaban J connectivity index is 1.76. The Morgan fingerprint density at radius 1 is 1.22 bits per heavy atom. The van der Waals surface area contributed by atoms with E-state index >= 15 is 0 Å². The number of nitrogens with zero attached hydrogens (tertiary/aromatic N) is 2. The maximum atomic E-state index is 12.4. The lowest BCUT2D eigenvalue weighted by Crippen LogP contribution is -2.24. The summed E-state index contributed by atoms with van der Waals surface area (Å²) in [4.78, 5) is 22.2. The molecular weight excluding hydrogens is 306 g/mol. The molecule has 0 unspecified atom stereocenters. The van der Waals surface area contributed by atoms with Crippen molar-refractivity contribution in [3.05, 3.63) is 65.5 Å². The van der Waals surface area contributed by atoms with Crippen molar-refractivity contribution in [2.45, 2.75) is 18.4 Å². The molecule has 0 aliphatic heterocycles. The second kappa shape index (κ2) is 6.79. The molecular formula is C18H17N3OS. The third-order valence-electron chi connectivity index (χ3n) is 3.64. The molecule has 1 N–H and O–H groups in total. The Morgan fingerprint density at radius 2 is 2.00 bits per heavy atom. The summed E-state index contributed by atoms with van der Waals surface area (Å²) in [6.07, 6.45) is 3.74. The van der Waals surface area contributed by atoms with Crippen LogP contribution in [0.5, 0.6) is 0 Å². The average molecular weight is 323 g/mol. The maximum Gasteiger partial charge on any atom is 0.253 e. The molecule has 116 valence electrons. The molecule has 0 bridgehead atoms. The number of hydrogen-bond acceptors (Lipinski definition) is 4. The van der Waals surface area contributed by atoms with Crippen LogP contribution in [-0.4, -0.2) is 22.1 Å². The molecule has 0 aliphatic rings. The Bertz CT molecular complexity index is 847. The summed E-state index contributed by atoms with van der Waals surface area (Å²) in [7, 11) is 0. The Labute approximate surface area is 139 Å². The summed E-state index contributed by atoms with van der Waals surface area (Å²) in [5.41, 5.74) is 3.01. The third-order valence-corrected chi connectivity index (χ3v) is 4.38. The van der Waals surface area contributed by atoms with Crippen LogP contribution >= 0.6 is 11.8 Å². The van der Waals surface area contributed by atoms with Crippen molar-refractivity contribution in [1.29, 1.82) is 0 Å². The summed E-state index contributed by atoms with van der Waals surface area (Å²) < 4.78 is 0. The van der Waals surface area contributed by atoms with Crippen molar-refractivity contribution in [3.63, 3.8) is 0 Å². The number of aromatic nitrogens is 2. The van der Waals surface area contributed by atoms with Crippen LogP contribution in [0.3, 0.4) is 0 Å². The van der Waals surface area contributed by atoms with Gasteiger partial charge in [0.25, 0.3) is 5.91 Å². The lowest BCUT2D eigenvalue weighted by Gasteiger charge is -2.09. The van der Waals surface area contributed by atoms with Gasteiger partial charge in [-0.15, -0.1) is 11.8 Å². The summed E-state index contributed by atoms with van der Waals surface area (Å²) in [6.45, 7) is 2.33. The summed E-state index contributed by atoms with van der Waals surface area (Å²) >= 11 is 1.70. The van der Waals surface area contributed by atoms with Crippen LogP contribution < -0.4 is 5.32 Å². The van der Waals surface area contributed by atoms with E-state index in [1.54, 1.807) is 18.0 Å². The van der Waals surface area contributed by atoms with E-state index in [0.29, 0.717) is 23.4 Å². The van der Waals surface area contributed by atoms with Crippen molar-refractivity contribution in [2.24, 2.45) is 0 Å². The number of pyridine rings is 2. The third kappa shape index (κ3) is 3.51. The van der Waals surface area contributed by atoms with Gasteiger partial charge in [0.15, 0.2) is 5.65 Å². The van der Waals surface area contributed by atoms with E-state index in [4.69, 9.17) is 0 Å². The van der Waals surface area contributed by atoms with Gasteiger partial charge in [0.1, 0.15) is 0 Å². The zero-order valence-electron chi connectivity index (χ0n) is 13.0. The highest BCUT2D eigenvalue weighted by Gasteiger charge is 2.11. The molecule has 3 aromatic rings. The second-order valence-corrected chi connectivity index (χ2v) is 6.08. The largest absolute Gasteiger partial charge is 0.348 e. The molecule has 5 heteroatoms. The zero-order valence-corrected chi connectivity index (χ0v) is 13.9. The highest BCUT2D eigenvalue weighted by atomic mass is 32.2. The Hall–Kier alpha value is -2.40. The van der Waals surface area contributed by atoms with Crippen LogP contribution in [0.4, 0.5) is 0 Å². The van der Waals surface area contributed by atoms with Crippen molar-refractivity contribution >= 4 is 28.7 Å². The first-order chi connectivity index (χ1) is 11.2. The minimum atomic E-state index is -0.116. The molecule has 23 heavy (non-hydrogen) atoms. The fraction of sp³-hybridized carbons (Fsp3) is 0.167. The van der Waals surface area contributed by atoms with E-state index in [2.05, 4.69) is 27.4 Å². The SMILES string of the molecule is CSc1ccc(CNC(=O)c2cc3cccnc3nc2C)cc1. The number of benzene rings is 1. The van der Waals surface area contributed by atoms with Gasteiger partial charge in [-0.3, -0.25) is 4.79 Å². The molecule has 1 amide bonds. The number of rotatable bonds is 4. The van der Waals surface area contributed by atoms with Gasteiger partial charge in [0.2, 0.25) is 0 Å². The number of carbonyl (C=O) groups excluding carboxylic acids is 1. The van der Waals surface area contributed by atoms with E-state index in [9.17, 15) is 4.79 Å². The minimum absolute atomic E-state index is 0.116. The highest BCUT2D eigenvalue weighted by Crippen LogP contribution is 2.16. The standard InChI is InChI=1S/C18H17N3OS/c1-12-16(10-14-4-3-9-19-17(14)21-12)18(22)20-11-13-5-7-15(23-2)8-6-13/h3-10H,11H2,1-2H3,(H,20,22). The first-order valence-electron chi connectivity index (χ1n) is 7.31. The first-order valence-corrected chi connectivity index (χ1v) is 8.53. The van der Waals surface area contributed by atoms with Crippen LogP contribution in [-0.2, 0) is 6.54 Å². The minimum Gasteiger partial charge on any atom is -0.348 e. The molecule has 0 saturated carbocycles. The number of aryl methyl sites for hydroxylation is 1. The van der Waals surface area contributed by atoms with Crippen molar-refractivity contribution in [3.8, 4) is 0 Å². The zero-order chi connectivity index (χ0) is 16.2. The van der Waals surface area contributed by atoms with Crippen LogP contribution in [0, 0.1) is 6.92 Å². The van der Waals surface area contributed by atoms with Gasteiger partial charge in [0, 0.05) is 23.0 Å². The van der Waals surface area contributed by atoms with Crippen molar-refractivity contribution in [2.75, 3.05) is 6.26 Å². The lowest BCUT2D eigenvalue weighted by molar-refractivity contribution is 0.0950. The summed E-state index contributed by atoms with van der Waals surface area (Å²) in [6, 6.07) is 13.8. The number of nitrogens with one attached hydrogen (secondary N) is 1. The van der Waals surface area contributed by atoms with Gasteiger partial charge in [-0.25, -0.2) is 9.97 Å². The number of hydrogen-bond donors (Lipinski definition) is 1. The predicted octanol–water partition coefficient (Wildman–Crippen LogP) is 3.59. The van der Waals surface area contributed by atoms with Crippen molar-refractivity contribution < 1.29 is 4.79 Å². The average Bonchev–Trinajstić information content (AvgIpc) is 2.59. The van der Waals surface area contributed by atoms with Gasteiger partial charge in [-0.05, 0) is 49.1 Å². The molecule has 1 aromatic carbocycles. The van der Waals surface area contributed by atoms with E-state index in [1.807, 2.05) is 43.5 Å². The molecule has 3 rings (SSSR count). The highest BCUT2D eigenvalue weighted by molar-refractivity contribution is 7.98. The Morgan fingerprint density at radius 3 is 2.74 bits per heavy atom. The van der Waals surface area contributed by atoms with E-state index in [0.717, 1.165) is 10.9 Å². The van der Waals surface area contributed by atoms with Crippen LogP contribution in [0.1, 0.15) is 21.6 Å². The van der Waals surface area contributed by atoms with Gasteiger partial charge in [-0.1, -0.05) is 12.1 Å².